The average molecular weight is 537 g/mol. The molecule has 1 saturated heterocycles. The lowest BCUT2D eigenvalue weighted by Gasteiger charge is -2.38. The fourth-order valence-corrected chi connectivity index (χ4v) is 4.80. The summed E-state index contributed by atoms with van der Waals surface area (Å²) in [5.74, 6) is -0.535. The molecular formula is C26H35Cl2N5O3. The predicted octanol–water partition coefficient (Wildman–Crippen LogP) is 2.45. The summed E-state index contributed by atoms with van der Waals surface area (Å²) >= 11 is 12.3. The molecule has 2 unspecified atom stereocenters. The van der Waals surface area contributed by atoms with Gasteiger partial charge in [0.05, 0.1) is 13.2 Å². The van der Waals surface area contributed by atoms with Gasteiger partial charge in [0.25, 0.3) is 0 Å². The Bertz CT molecular complexity index is 1030. The van der Waals surface area contributed by atoms with Crippen LogP contribution >= 0.6 is 23.2 Å². The topological polar surface area (TPSA) is 99.9 Å². The van der Waals surface area contributed by atoms with Gasteiger partial charge in [-0.05, 0) is 36.2 Å². The highest BCUT2D eigenvalue weighted by Gasteiger charge is 2.29. The third kappa shape index (κ3) is 7.82. The minimum atomic E-state index is -0.759. The largest absolute Gasteiger partial charge is 0.383 e. The number of carbonyl (C=O) groups excluding carboxylic acids is 2. The van der Waals surface area contributed by atoms with Crippen LogP contribution in [-0.2, 0) is 27.3 Å². The normalized spacial score (nSPS) is 15.5. The summed E-state index contributed by atoms with van der Waals surface area (Å²) in [4.78, 5) is 29.6. The molecule has 0 spiro atoms. The number of nitrogens with two attached hydrogens (primary N) is 1. The van der Waals surface area contributed by atoms with Gasteiger partial charge in [-0.1, -0.05) is 47.5 Å². The Hall–Kier alpha value is -2.36. The van der Waals surface area contributed by atoms with Crippen LogP contribution in [0.5, 0.6) is 0 Å². The summed E-state index contributed by atoms with van der Waals surface area (Å²) in [7, 11) is 1.70. The van der Waals surface area contributed by atoms with Crippen molar-refractivity contribution in [1.29, 1.82) is 0 Å². The van der Waals surface area contributed by atoms with Crippen LogP contribution in [-0.4, -0.2) is 75.2 Å². The zero-order valence-electron chi connectivity index (χ0n) is 20.8. The van der Waals surface area contributed by atoms with E-state index < -0.39 is 6.04 Å². The third-order valence-corrected chi connectivity index (χ3v) is 6.83. The van der Waals surface area contributed by atoms with Crippen LogP contribution in [0.1, 0.15) is 18.1 Å². The van der Waals surface area contributed by atoms with Crippen molar-refractivity contribution in [3.63, 3.8) is 0 Å². The molecule has 0 bridgehead atoms. The monoisotopic (exact) mass is 535 g/mol. The summed E-state index contributed by atoms with van der Waals surface area (Å²) in [6.45, 7) is 5.74. The zero-order valence-corrected chi connectivity index (χ0v) is 22.3. The van der Waals surface area contributed by atoms with Crippen molar-refractivity contribution in [3.05, 3.63) is 63.6 Å². The average Bonchev–Trinajstić information content (AvgIpc) is 2.88. The molecule has 36 heavy (non-hydrogen) atoms. The maximum atomic E-state index is 13.4. The van der Waals surface area contributed by atoms with E-state index in [1.165, 1.54) is 5.56 Å². The molecule has 0 radical (unpaired) electrons. The van der Waals surface area contributed by atoms with Gasteiger partial charge in [-0.3, -0.25) is 9.59 Å². The molecule has 2 aromatic rings. The van der Waals surface area contributed by atoms with Gasteiger partial charge in [-0.25, -0.2) is 0 Å². The van der Waals surface area contributed by atoms with Crippen molar-refractivity contribution in [3.8, 4) is 0 Å². The predicted molar refractivity (Wildman–Crippen MR) is 145 cm³/mol. The van der Waals surface area contributed by atoms with Gasteiger partial charge in [0.15, 0.2) is 0 Å². The Balaban J connectivity index is 1.66. The van der Waals surface area contributed by atoms with E-state index in [0.29, 0.717) is 42.8 Å². The minimum absolute atomic E-state index is 0.147. The highest BCUT2D eigenvalue weighted by molar-refractivity contribution is 6.35. The quantitative estimate of drug-likeness (QED) is 0.408. The van der Waals surface area contributed by atoms with E-state index >= 15 is 0 Å². The van der Waals surface area contributed by atoms with Crippen LogP contribution < -0.4 is 21.3 Å². The van der Waals surface area contributed by atoms with Crippen molar-refractivity contribution in [2.75, 3.05) is 51.3 Å². The van der Waals surface area contributed by atoms with Gasteiger partial charge in [-0.15, -0.1) is 0 Å². The lowest BCUT2D eigenvalue weighted by molar-refractivity contribution is -0.136. The number of piperazine rings is 1. The lowest BCUT2D eigenvalue weighted by Crippen LogP contribution is -2.56. The second kappa shape index (κ2) is 13.8. The molecule has 0 aromatic heterocycles. The Labute approximate surface area is 223 Å². The van der Waals surface area contributed by atoms with E-state index in [4.69, 9.17) is 33.7 Å². The number of methoxy groups -OCH3 is 1. The lowest BCUT2D eigenvalue weighted by atomic mass is 10.0. The van der Waals surface area contributed by atoms with E-state index in [0.717, 1.165) is 17.8 Å². The van der Waals surface area contributed by atoms with Gasteiger partial charge in [0, 0.05) is 68.0 Å². The number of benzene rings is 2. The van der Waals surface area contributed by atoms with E-state index in [9.17, 15) is 9.59 Å². The van der Waals surface area contributed by atoms with Gasteiger partial charge < -0.3 is 30.9 Å². The maximum absolute atomic E-state index is 13.4. The number of anilines is 1. The number of hydrogen-bond donors (Lipinski definition) is 3. The summed E-state index contributed by atoms with van der Waals surface area (Å²) in [5, 5.41) is 7.22. The van der Waals surface area contributed by atoms with E-state index in [1.54, 1.807) is 30.2 Å². The molecule has 2 aromatic carbocycles. The van der Waals surface area contributed by atoms with E-state index in [2.05, 4.69) is 34.6 Å². The van der Waals surface area contributed by atoms with Crippen molar-refractivity contribution in [1.82, 2.24) is 15.5 Å². The van der Waals surface area contributed by atoms with Gasteiger partial charge in [-0.2, -0.15) is 0 Å². The second-order valence-electron chi connectivity index (χ2n) is 8.94. The number of para-hydroxylation sites is 1. The van der Waals surface area contributed by atoms with E-state index in [1.807, 2.05) is 12.1 Å². The molecule has 0 saturated carbocycles. The number of nitrogens with zero attached hydrogens (tertiary/aromatic N) is 2. The number of nitrogens with one attached hydrogen (secondary N) is 2. The SMILES string of the molecule is COCC(C)NCc1ccccc1N1CCN(C(=O)C(Cc2ccc(Cl)cc2Cl)NC(=O)CN)CC1. The van der Waals surface area contributed by atoms with Crippen LogP contribution in [0.15, 0.2) is 42.5 Å². The number of ether oxygens (including phenoxy) is 1. The summed E-state index contributed by atoms with van der Waals surface area (Å²) in [6.07, 6.45) is 0.259. The van der Waals surface area contributed by atoms with Crippen LogP contribution in [0.25, 0.3) is 0 Å². The highest BCUT2D eigenvalue weighted by atomic mass is 35.5. The van der Waals surface area contributed by atoms with Crippen molar-refractivity contribution >= 4 is 40.7 Å². The fourth-order valence-electron chi connectivity index (χ4n) is 4.31. The third-order valence-electron chi connectivity index (χ3n) is 6.24. The van der Waals surface area contributed by atoms with Crippen molar-refractivity contribution < 1.29 is 14.3 Å². The first-order chi connectivity index (χ1) is 17.3. The molecule has 1 heterocycles. The first-order valence-corrected chi connectivity index (χ1v) is 12.8. The Morgan fingerprint density at radius 1 is 1.08 bits per heavy atom. The Morgan fingerprint density at radius 2 is 1.81 bits per heavy atom. The molecule has 8 nitrogen and oxygen atoms in total. The van der Waals surface area contributed by atoms with Gasteiger partial charge >= 0.3 is 0 Å². The van der Waals surface area contributed by atoms with Crippen molar-refractivity contribution in [2.24, 2.45) is 5.73 Å². The number of hydrogen-bond acceptors (Lipinski definition) is 6. The molecule has 1 fully saturated rings. The molecular weight excluding hydrogens is 501 g/mol. The zero-order chi connectivity index (χ0) is 26.1. The molecule has 196 valence electrons. The van der Waals surface area contributed by atoms with Crippen molar-refractivity contribution in [2.45, 2.75) is 32.0 Å². The molecule has 0 aliphatic carbocycles. The Morgan fingerprint density at radius 3 is 2.47 bits per heavy atom. The molecule has 1 aliphatic rings. The number of rotatable bonds is 11. The maximum Gasteiger partial charge on any atom is 0.245 e. The van der Waals surface area contributed by atoms with Crippen LogP contribution in [0.3, 0.4) is 0 Å². The van der Waals surface area contributed by atoms with Gasteiger partial charge in [0.1, 0.15) is 6.04 Å². The standard InChI is InChI=1S/C26H35Cl2N5O3/c1-18(17-36-2)30-16-20-5-3-4-6-24(20)32-9-11-33(12-10-32)26(35)23(31-25(34)15-29)13-19-7-8-21(27)14-22(19)28/h3-8,14,18,23,30H,9-13,15-17,29H2,1-2H3,(H,31,34). The highest BCUT2D eigenvalue weighted by Crippen LogP contribution is 2.24. The molecule has 4 N–H and O–H groups in total. The second-order valence-corrected chi connectivity index (χ2v) is 9.79. The summed E-state index contributed by atoms with van der Waals surface area (Å²) in [5.41, 5.74) is 8.59. The smallest absolute Gasteiger partial charge is 0.245 e. The fraction of sp³-hybridized carbons (Fsp3) is 0.462. The van der Waals surface area contributed by atoms with Crippen LogP contribution in [0.4, 0.5) is 5.69 Å². The molecule has 3 rings (SSSR count). The number of carbonyl (C=O) groups is 2. The van der Waals surface area contributed by atoms with Crippen LogP contribution in [0, 0.1) is 0 Å². The molecule has 2 amide bonds. The van der Waals surface area contributed by atoms with Gasteiger partial charge in [0.2, 0.25) is 11.8 Å². The Kier molecular flexibility index (Phi) is 10.8. The number of amides is 2. The summed E-state index contributed by atoms with van der Waals surface area (Å²) in [6, 6.07) is 12.9. The molecule has 2 atom stereocenters. The minimum Gasteiger partial charge on any atom is -0.383 e. The molecule has 1 aliphatic heterocycles. The number of halogens is 2. The summed E-state index contributed by atoms with van der Waals surface area (Å²) < 4.78 is 5.22. The molecule has 10 heteroatoms. The first-order valence-electron chi connectivity index (χ1n) is 12.1. The van der Waals surface area contributed by atoms with Crippen LogP contribution in [0.2, 0.25) is 10.0 Å². The van der Waals surface area contributed by atoms with E-state index in [-0.39, 0.29) is 30.8 Å². The first kappa shape index (κ1) is 28.2.